The van der Waals surface area contributed by atoms with E-state index in [-0.39, 0.29) is 129 Å². The van der Waals surface area contributed by atoms with E-state index >= 15 is 0 Å². The van der Waals surface area contributed by atoms with Gasteiger partial charge in [-0.1, -0.05) is 78.4 Å². The van der Waals surface area contributed by atoms with Gasteiger partial charge in [0.1, 0.15) is 36.8 Å². The smallest absolute Gasteiger partial charge is 0.119 e. The third kappa shape index (κ3) is 39.3. The first kappa shape index (κ1) is 109. The minimum absolute atomic E-state index is 0. The average Bonchev–Trinajstić information content (AvgIpc) is 0.798. The van der Waals surface area contributed by atoms with Crippen molar-refractivity contribution in [2.45, 2.75) is 158 Å². The number of aromatic nitrogens is 8. The van der Waals surface area contributed by atoms with Crippen LogP contribution in [0.3, 0.4) is 0 Å². The number of methoxy groups -OCH3 is 6. The van der Waals surface area contributed by atoms with Gasteiger partial charge in [-0.15, -0.1) is 114 Å². The van der Waals surface area contributed by atoms with Crippen LogP contribution in [0.5, 0.6) is 34.5 Å². The molecule has 8 aromatic carbocycles. The van der Waals surface area contributed by atoms with Crippen molar-refractivity contribution in [3.8, 4) is 125 Å². The summed E-state index contributed by atoms with van der Waals surface area (Å²) in [5.74, 6) is 4.71. The maximum Gasteiger partial charge on any atom is 0.119 e. The molecule has 4 aromatic heterocycles. The molecule has 22 nitrogen and oxygen atoms in total. The third-order valence-corrected chi connectivity index (χ3v) is 16.8. The van der Waals surface area contributed by atoms with Crippen LogP contribution in [0.1, 0.15) is 103 Å². The van der Waals surface area contributed by atoms with Crippen molar-refractivity contribution in [1.82, 2.24) is 39.9 Å². The van der Waals surface area contributed by atoms with Crippen LogP contribution in [0.2, 0.25) is 0 Å². The van der Waals surface area contributed by atoms with Crippen LogP contribution in [-0.2, 0) is 80.4 Å². The Bertz CT molecular complexity index is 4590. The molecule has 8 N–H and O–H groups in total. The molecule has 12 aromatic rings. The maximum absolute atomic E-state index is 8.56. The summed E-state index contributed by atoms with van der Waals surface area (Å²) in [7, 11) is 9.88. The molecule has 0 saturated carbocycles. The van der Waals surface area contributed by atoms with Crippen molar-refractivity contribution in [2.24, 2.45) is 0 Å². The van der Waals surface area contributed by atoms with Crippen LogP contribution in [0, 0.1) is 52.0 Å². The molecule has 652 valence electrons. The third-order valence-electron chi connectivity index (χ3n) is 16.8. The van der Waals surface area contributed by atoms with E-state index in [1.165, 1.54) is 22.3 Å². The zero-order valence-corrected chi connectivity index (χ0v) is 80.6. The number of aliphatic hydroxyl groups excluding tert-OH is 8. The van der Waals surface area contributed by atoms with Gasteiger partial charge in [0.2, 0.25) is 0 Å². The molecule has 0 fully saturated rings. The minimum atomic E-state index is -0.375. The molecule has 0 amide bonds. The molecule has 0 aliphatic carbocycles. The van der Waals surface area contributed by atoms with Gasteiger partial charge in [0.15, 0.2) is 0 Å². The van der Waals surface area contributed by atoms with Crippen molar-refractivity contribution in [2.75, 3.05) is 42.7 Å². The van der Waals surface area contributed by atoms with Crippen LogP contribution in [0.25, 0.3) is 90.1 Å². The molecule has 0 aliphatic rings. The molecule has 120 heavy (non-hydrogen) atoms. The molecule has 0 bridgehead atoms. The van der Waals surface area contributed by atoms with Gasteiger partial charge in [0, 0.05) is 120 Å². The summed E-state index contributed by atoms with van der Waals surface area (Å²) in [4.78, 5) is 35.0. The van der Waals surface area contributed by atoms with Gasteiger partial charge in [0.05, 0.1) is 114 Å². The van der Waals surface area contributed by atoms with E-state index in [0.717, 1.165) is 125 Å². The molecule has 8 atom stereocenters. The Hall–Kier alpha value is -8.84. The van der Waals surface area contributed by atoms with E-state index in [1.807, 2.05) is 140 Å². The molecule has 0 saturated heterocycles. The van der Waals surface area contributed by atoms with Crippen LogP contribution in [-0.4, -0.2) is 172 Å². The fourth-order valence-electron chi connectivity index (χ4n) is 11.5. The number of aliphatic hydroxyl groups is 8. The van der Waals surface area contributed by atoms with Gasteiger partial charge in [-0.2, -0.15) is 0 Å². The number of aryl methyl sites for hydroxylation is 4. The second kappa shape index (κ2) is 59.0. The Morgan fingerprint density at radius 2 is 0.608 bits per heavy atom. The molecule has 4 radical (unpaired) electrons. The van der Waals surface area contributed by atoms with E-state index in [1.54, 1.807) is 129 Å². The first-order chi connectivity index (χ1) is 55.5. The van der Waals surface area contributed by atoms with Crippen LogP contribution in [0.15, 0.2) is 207 Å². The van der Waals surface area contributed by atoms with Crippen molar-refractivity contribution < 1.29 is 150 Å². The Kier molecular flexibility index (Phi) is 53.7. The summed E-state index contributed by atoms with van der Waals surface area (Å²) in [6.07, 6.45) is 5.20. The predicted octanol–water partition coefficient (Wildman–Crippen LogP) is 16.3. The monoisotopic (exact) mass is 2350 g/mol. The molecule has 8 unspecified atom stereocenters. The van der Waals surface area contributed by atoms with Crippen LogP contribution < -0.4 is 28.4 Å². The Morgan fingerprint density at radius 1 is 0.275 bits per heavy atom. The number of hydrogen-bond acceptors (Lipinski definition) is 22. The minimum Gasteiger partial charge on any atom is -0.540 e. The van der Waals surface area contributed by atoms with E-state index in [4.69, 9.17) is 69.3 Å². The zero-order chi connectivity index (χ0) is 85.2. The molecule has 12 rings (SSSR count). The quantitative estimate of drug-likeness (QED) is 0.0292. The van der Waals surface area contributed by atoms with Gasteiger partial charge in [-0.05, 0) is 196 Å². The molecule has 0 spiro atoms. The van der Waals surface area contributed by atoms with E-state index in [9.17, 15) is 0 Å². The fourth-order valence-corrected chi connectivity index (χ4v) is 11.5. The summed E-state index contributed by atoms with van der Waals surface area (Å²) in [6.45, 7) is 21.7. The van der Waals surface area contributed by atoms with E-state index in [0.29, 0.717) is 25.7 Å². The van der Waals surface area contributed by atoms with Crippen LogP contribution in [0.4, 0.5) is 0 Å². The van der Waals surface area contributed by atoms with E-state index in [2.05, 4.69) is 128 Å². The maximum atomic E-state index is 8.56. The molecule has 26 heteroatoms. The van der Waals surface area contributed by atoms with Crippen molar-refractivity contribution >= 4 is 0 Å². The fraction of sp³-hybridized carbons (Fsp3) is 0.319. The van der Waals surface area contributed by atoms with E-state index < -0.39 is 0 Å². The second-order valence-corrected chi connectivity index (χ2v) is 27.4. The SMILES string of the molecule is CC(O)CC(C)O.CC(O)CC(C)O.CC(O)CC(C)O.CC(O)CC(C)O.COc1c[c-]c(-c2cc(-c3ccc(OC)cc3)ncn2)cc1.COc1cc[c-]c(-c2cc(-c3c(C)cccc3C)ncn2)c1.COc1cc[c-]c(-c2cc(-c3cccc(OC)c3)ncn2)c1.COc1ccc[c-]c1-c1cc(-c2c(C)cccc2C)ncn1.[Ir].[Ir].[Ir].[Ir]. The number of ether oxygens (including phenoxy) is 6. The van der Waals surface area contributed by atoms with Gasteiger partial charge >= 0.3 is 0 Å². The van der Waals surface area contributed by atoms with Crippen molar-refractivity contribution in [3.63, 3.8) is 0 Å². The normalized spacial score (nSPS) is 12.0. The van der Waals surface area contributed by atoms with Gasteiger partial charge < -0.3 is 69.3 Å². The summed E-state index contributed by atoms with van der Waals surface area (Å²) in [5, 5.41) is 68.5. The molecular weight excluding hydrogens is 2230 g/mol. The number of nitrogens with zero attached hydrogens (tertiary/aromatic N) is 8. The Balaban J connectivity index is 0.000000715. The van der Waals surface area contributed by atoms with Gasteiger partial charge in [0.25, 0.3) is 0 Å². The summed E-state index contributed by atoms with van der Waals surface area (Å²) in [6, 6.07) is 71.2. The van der Waals surface area contributed by atoms with Crippen LogP contribution >= 0.6 is 0 Å². The summed E-state index contributed by atoms with van der Waals surface area (Å²) < 4.78 is 31.5. The summed E-state index contributed by atoms with van der Waals surface area (Å²) >= 11 is 0. The van der Waals surface area contributed by atoms with Gasteiger partial charge in [-0.3, -0.25) is 19.9 Å². The molecular formula is C94H112Ir4N8O14-4. The number of rotatable bonds is 22. The predicted molar refractivity (Wildman–Crippen MR) is 457 cm³/mol. The topological polar surface area (TPSA) is 320 Å². The number of hydrogen-bond donors (Lipinski definition) is 8. The Labute approximate surface area is 762 Å². The Morgan fingerprint density at radius 3 is 0.975 bits per heavy atom. The second-order valence-electron chi connectivity index (χ2n) is 27.4. The van der Waals surface area contributed by atoms with Gasteiger partial charge in [-0.25, -0.2) is 19.9 Å². The first-order valence-corrected chi connectivity index (χ1v) is 37.9. The number of benzene rings is 8. The zero-order valence-electron chi connectivity index (χ0n) is 71.0. The average molecular weight is 2350 g/mol. The van der Waals surface area contributed by atoms with Crippen molar-refractivity contribution in [1.29, 1.82) is 0 Å². The molecule has 4 heterocycles. The summed E-state index contributed by atoms with van der Waals surface area (Å²) in [5.41, 5.74) is 19.4. The standard InChI is InChI=1S/2C19H17N2O.2C18H15N2O2.4C5H12O2.4Ir/c1-13-6-4-7-14(2)19(13)18-11-17(20-12-21-18)15-8-5-9-16(10-15)22-3;1-13-7-6-8-14(2)19(13)17-11-16(20-12-21-17)15-9-4-5-10-18(15)22-3;1-21-15-7-3-13(4-8-15)17-11-18(20-12-19-17)14-5-9-16(22-2)10-6-14;1-21-15-7-3-5-13(9-15)17-11-18(20-12-19-17)14-6-4-8-16(10-14)22-2;4*1-4(6)3-5(2)7;;;;/h4-7,9-12H,1-3H3;4-8,10-12H,1-3H3;2*3-5,7-12H,1-2H3;4*4-7H,3H2,1-2H3;;;;/q4*-1;;;;;;;;. The van der Waals surface area contributed by atoms with Crippen molar-refractivity contribution in [3.05, 3.63) is 254 Å². The molecule has 0 aliphatic heterocycles. The first-order valence-electron chi connectivity index (χ1n) is 37.9. The largest absolute Gasteiger partial charge is 0.540 e.